The minimum absolute atomic E-state index is 0.187. The highest BCUT2D eigenvalue weighted by atomic mass is 32.2. The Hall–Kier alpha value is -1.76. The van der Waals surface area contributed by atoms with Crippen LogP contribution in [0.2, 0.25) is 0 Å². The number of benzene rings is 1. The van der Waals surface area contributed by atoms with Crippen molar-refractivity contribution in [2.75, 3.05) is 24.2 Å². The predicted molar refractivity (Wildman–Crippen MR) is 97.3 cm³/mol. The number of aryl methyl sites for hydroxylation is 1. The summed E-state index contributed by atoms with van der Waals surface area (Å²) in [5.41, 5.74) is 1.30. The summed E-state index contributed by atoms with van der Waals surface area (Å²) < 4.78 is 31.0. The summed E-state index contributed by atoms with van der Waals surface area (Å²) in [5, 5.41) is 3.05. The van der Waals surface area contributed by atoms with Gasteiger partial charge in [-0.3, -0.25) is 9.10 Å². The molecule has 2 fully saturated rings. The van der Waals surface area contributed by atoms with Gasteiger partial charge < -0.3 is 10.1 Å². The van der Waals surface area contributed by atoms with Gasteiger partial charge in [0.2, 0.25) is 15.9 Å². The molecule has 1 amide bonds. The number of fused-ring (bicyclic) bond motifs is 2. The highest BCUT2D eigenvalue weighted by molar-refractivity contribution is 7.92. The van der Waals surface area contributed by atoms with Gasteiger partial charge in [-0.05, 0) is 55.7 Å². The van der Waals surface area contributed by atoms with E-state index in [2.05, 4.69) is 5.32 Å². The van der Waals surface area contributed by atoms with Gasteiger partial charge in [-0.25, -0.2) is 8.42 Å². The van der Waals surface area contributed by atoms with Gasteiger partial charge in [0, 0.05) is 6.04 Å². The largest absolute Gasteiger partial charge is 0.495 e. The van der Waals surface area contributed by atoms with Crippen LogP contribution in [-0.2, 0) is 14.8 Å². The van der Waals surface area contributed by atoms with E-state index in [-0.39, 0.29) is 18.5 Å². The van der Waals surface area contributed by atoms with Gasteiger partial charge in [0.05, 0.1) is 19.1 Å². The minimum atomic E-state index is -3.61. The Kier molecular flexibility index (Phi) is 4.95. The third-order valence-corrected chi connectivity index (χ3v) is 6.50. The van der Waals surface area contributed by atoms with E-state index in [1.807, 2.05) is 13.0 Å². The van der Waals surface area contributed by atoms with Crippen molar-refractivity contribution in [1.82, 2.24) is 5.32 Å². The van der Waals surface area contributed by atoms with Gasteiger partial charge in [0.1, 0.15) is 12.3 Å². The van der Waals surface area contributed by atoms with E-state index in [9.17, 15) is 13.2 Å². The van der Waals surface area contributed by atoms with Gasteiger partial charge >= 0.3 is 0 Å². The number of ether oxygens (including phenoxy) is 1. The number of nitrogens with zero attached hydrogens (tertiary/aromatic N) is 1. The van der Waals surface area contributed by atoms with Crippen LogP contribution < -0.4 is 14.4 Å². The number of hydrogen-bond donors (Lipinski definition) is 1. The Balaban J connectivity index is 1.78. The second-order valence-corrected chi connectivity index (χ2v) is 9.20. The van der Waals surface area contributed by atoms with Crippen LogP contribution in [-0.4, -0.2) is 40.3 Å². The van der Waals surface area contributed by atoms with Crippen LogP contribution in [0.1, 0.15) is 31.2 Å². The van der Waals surface area contributed by atoms with Crippen LogP contribution in [0.4, 0.5) is 5.69 Å². The monoisotopic (exact) mass is 366 g/mol. The zero-order valence-electron chi connectivity index (χ0n) is 15.0. The molecule has 7 heteroatoms. The van der Waals surface area contributed by atoms with Crippen LogP contribution in [0.25, 0.3) is 0 Å². The van der Waals surface area contributed by atoms with Crippen molar-refractivity contribution in [3.63, 3.8) is 0 Å². The molecule has 25 heavy (non-hydrogen) atoms. The molecule has 6 nitrogen and oxygen atoms in total. The fourth-order valence-electron chi connectivity index (χ4n) is 4.18. The topological polar surface area (TPSA) is 75.7 Å². The van der Waals surface area contributed by atoms with Gasteiger partial charge in [-0.2, -0.15) is 0 Å². The first kappa shape index (κ1) is 18.0. The summed E-state index contributed by atoms with van der Waals surface area (Å²) in [5.74, 6) is 1.45. The molecule has 0 aromatic heterocycles. The Morgan fingerprint density at radius 1 is 1.32 bits per heavy atom. The second kappa shape index (κ2) is 6.86. The predicted octanol–water partition coefficient (Wildman–Crippen LogP) is 2.07. The molecule has 2 aliphatic carbocycles. The van der Waals surface area contributed by atoms with Gasteiger partial charge in [0.15, 0.2) is 0 Å². The van der Waals surface area contributed by atoms with Crippen molar-refractivity contribution >= 4 is 21.6 Å². The molecular weight excluding hydrogens is 340 g/mol. The smallest absolute Gasteiger partial charge is 0.241 e. The average Bonchev–Trinajstić information content (AvgIpc) is 3.14. The normalized spacial score (nSPS) is 25.0. The molecule has 0 unspecified atom stereocenters. The number of hydrogen-bond acceptors (Lipinski definition) is 4. The zero-order valence-corrected chi connectivity index (χ0v) is 15.8. The molecule has 3 rings (SSSR count). The molecule has 0 radical (unpaired) electrons. The maximum Gasteiger partial charge on any atom is 0.241 e. The van der Waals surface area contributed by atoms with Crippen LogP contribution in [0.5, 0.6) is 5.75 Å². The van der Waals surface area contributed by atoms with Gasteiger partial charge in [-0.1, -0.05) is 12.5 Å². The maximum absolute atomic E-state index is 12.5. The van der Waals surface area contributed by atoms with Crippen LogP contribution in [0, 0.1) is 18.8 Å². The molecule has 1 aromatic rings. The van der Waals surface area contributed by atoms with Crippen molar-refractivity contribution in [1.29, 1.82) is 0 Å². The molecule has 138 valence electrons. The van der Waals surface area contributed by atoms with Crippen molar-refractivity contribution in [3.05, 3.63) is 23.8 Å². The number of nitrogens with one attached hydrogen (secondary N) is 1. The summed E-state index contributed by atoms with van der Waals surface area (Å²) in [6.07, 6.45) is 5.74. The fourth-order valence-corrected chi connectivity index (χ4v) is 5.03. The molecule has 0 spiro atoms. The maximum atomic E-state index is 12.5. The first-order chi connectivity index (χ1) is 11.8. The zero-order chi connectivity index (χ0) is 18.2. The lowest BCUT2D eigenvalue weighted by molar-refractivity contribution is -0.120. The minimum Gasteiger partial charge on any atom is -0.495 e. The number of methoxy groups -OCH3 is 1. The molecule has 1 aromatic carbocycles. The highest BCUT2D eigenvalue weighted by Crippen LogP contribution is 2.44. The summed E-state index contributed by atoms with van der Waals surface area (Å²) in [6, 6.07) is 5.48. The Morgan fingerprint density at radius 3 is 2.64 bits per heavy atom. The average molecular weight is 366 g/mol. The van der Waals surface area contributed by atoms with Gasteiger partial charge in [-0.15, -0.1) is 0 Å². The standard InChI is InChI=1S/C18H26N2O4S/c1-12-4-7-17(24-2)16(8-12)20(25(3,22)23)11-18(21)19-15-10-13-5-6-14(15)9-13/h4,7-8,13-15H,5-6,9-11H2,1-3H3,(H,19,21)/t13-,14-,15-/m0/s1. The molecule has 0 saturated heterocycles. The first-order valence-corrected chi connectivity index (χ1v) is 10.5. The Labute approximate surface area is 149 Å². The number of anilines is 1. The summed E-state index contributed by atoms with van der Waals surface area (Å²) in [4.78, 5) is 12.5. The third-order valence-electron chi connectivity index (χ3n) is 5.38. The molecule has 0 heterocycles. The lowest BCUT2D eigenvalue weighted by Crippen LogP contribution is -2.45. The highest BCUT2D eigenvalue weighted by Gasteiger charge is 2.40. The summed E-state index contributed by atoms with van der Waals surface area (Å²) >= 11 is 0. The molecule has 2 bridgehead atoms. The summed E-state index contributed by atoms with van der Waals surface area (Å²) in [6.45, 7) is 1.64. The van der Waals surface area contributed by atoms with Crippen LogP contribution in [0.15, 0.2) is 18.2 Å². The number of carbonyl (C=O) groups excluding carboxylic acids is 1. The van der Waals surface area contributed by atoms with E-state index < -0.39 is 10.0 Å². The summed E-state index contributed by atoms with van der Waals surface area (Å²) in [7, 11) is -2.12. The van der Waals surface area contributed by atoms with Crippen molar-refractivity contribution in [2.45, 2.75) is 38.6 Å². The SMILES string of the molecule is COc1ccc(C)cc1N(CC(=O)N[C@H]1C[C@H]2CC[C@H]1C2)S(C)(=O)=O. The Morgan fingerprint density at radius 2 is 2.08 bits per heavy atom. The molecule has 2 saturated carbocycles. The van der Waals surface area contributed by atoms with E-state index >= 15 is 0 Å². The quantitative estimate of drug-likeness (QED) is 0.836. The van der Waals surface area contributed by atoms with Crippen LogP contribution in [0.3, 0.4) is 0 Å². The molecule has 2 aliphatic rings. The molecular formula is C18H26N2O4S. The van der Waals surface area contributed by atoms with Gasteiger partial charge in [0.25, 0.3) is 0 Å². The van der Waals surface area contributed by atoms with E-state index in [1.165, 1.54) is 20.0 Å². The molecule has 1 N–H and O–H groups in total. The number of amides is 1. The number of rotatable bonds is 6. The molecule has 0 aliphatic heterocycles. The lowest BCUT2D eigenvalue weighted by Gasteiger charge is -2.27. The number of carbonyl (C=O) groups is 1. The first-order valence-electron chi connectivity index (χ1n) is 8.69. The Bertz CT molecular complexity index is 762. The third kappa shape index (κ3) is 3.92. The van der Waals surface area contributed by atoms with E-state index in [1.54, 1.807) is 12.1 Å². The second-order valence-electron chi connectivity index (χ2n) is 7.29. The van der Waals surface area contributed by atoms with Crippen molar-refractivity contribution in [2.24, 2.45) is 11.8 Å². The van der Waals surface area contributed by atoms with Crippen LogP contribution >= 0.6 is 0 Å². The van der Waals surface area contributed by atoms with E-state index in [0.717, 1.165) is 34.9 Å². The van der Waals surface area contributed by atoms with Crippen molar-refractivity contribution < 1.29 is 17.9 Å². The number of sulfonamides is 1. The fraction of sp³-hybridized carbons (Fsp3) is 0.611. The van der Waals surface area contributed by atoms with E-state index in [4.69, 9.17) is 4.74 Å². The lowest BCUT2D eigenvalue weighted by atomic mass is 9.95. The van der Waals surface area contributed by atoms with E-state index in [0.29, 0.717) is 17.4 Å². The molecule has 3 atom stereocenters. The van der Waals surface area contributed by atoms with Crippen molar-refractivity contribution in [3.8, 4) is 5.75 Å².